The van der Waals surface area contributed by atoms with Crippen molar-refractivity contribution in [3.8, 4) is 0 Å². The fraction of sp³-hybridized carbons (Fsp3) is 1.00. The van der Waals surface area contributed by atoms with Crippen LogP contribution in [0, 0.1) is 0 Å². The summed E-state index contributed by atoms with van der Waals surface area (Å²) in [5.41, 5.74) is 5.42. The van der Waals surface area contributed by atoms with Crippen LogP contribution in [0.3, 0.4) is 0 Å². The molecule has 0 amide bonds. The molecular weight excluding hydrogens is 128 g/mol. The summed E-state index contributed by atoms with van der Waals surface area (Å²) in [5, 5.41) is 0. The van der Waals surface area contributed by atoms with Crippen molar-refractivity contribution in [1.29, 1.82) is 0 Å². The van der Waals surface area contributed by atoms with Gasteiger partial charge < -0.3 is 10.5 Å². The fourth-order valence-corrected chi connectivity index (χ4v) is 1.28. The van der Waals surface area contributed by atoms with Crippen LogP contribution in [0.5, 0.6) is 0 Å². The van der Waals surface area contributed by atoms with Crippen molar-refractivity contribution in [2.75, 3.05) is 32.8 Å². The first-order chi connectivity index (χ1) is 4.83. The highest BCUT2D eigenvalue weighted by molar-refractivity contribution is 4.67. The summed E-state index contributed by atoms with van der Waals surface area (Å²) < 4.78 is 5.37. The molecule has 0 aromatic rings. The molecule has 2 N–H and O–H groups in total. The molecule has 3 heteroatoms. The van der Waals surface area contributed by atoms with Crippen molar-refractivity contribution in [3.05, 3.63) is 0 Å². The zero-order chi connectivity index (χ0) is 7.40. The van der Waals surface area contributed by atoms with Crippen molar-refractivity contribution in [1.82, 2.24) is 4.90 Å². The molecule has 1 saturated heterocycles. The molecule has 0 spiro atoms. The largest absolute Gasteiger partial charge is 0.376 e. The molecule has 0 bridgehead atoms. The predicted octanol–water partition coefficient (Wildman–Crippen LogP) is -0.334. The van der Waals surface area contributed by atoms with E-state index in [-0.39, 0.29) is 0 Å². The minimum atomic E-state index is 0.389. The van der Waals surface area contributed by atoms with Gasteiger partial charge in [-0.2, -0.15) is 0 Å². The van der Waals surface area contributed by atoms with E-state index >= 15 is 0 Å². The molecule has 3 nitrogen and oxygen atoms in total. The number of rotatable bonds is 2. The zero-order valence-corrected chi connectivity index (χ0v) is 6.55. The van der Waals surface area contributed by atoms with Crippen molar-refractivity contribution < 1.29 is 4.74 Å². The van der Waals surface area contributed by atoms with Crippen molar-refractivity contribution in [3.63, 3.8) is 0 Å². The van der Waals surface area contributed by atoms with E-state index < -0.39 is 0 Å². The standard InChI is InChI=1S/C7H16N2O/c1-7-6-9(3-2-8)4-5-10-7/h7H,2-6,8H2,1H3/t7-/m0/s1. The third-order valence-corrected chi connectivity index (χ3v) is 1.77. The minimum absolute atomic E-state index is 0.389. The van der Waals surface area contributed by atoms with Crippen LogP contribution in [0.4, 0.5) is 0 Å². The van der Waals surface area contributed by atoms with Gasteiger partial charge in [0.05, 0.1) is 12.7 Å². The van der Waals surface area contributed by atoms with Crippen LogP contribution >= 0.6 is 0 Å². The monoisotopic (exact) mass is 144 g/mol. The second kappa shape index (κ2) is 3.91. The van der Waals surface area contributed by atoms with E-state index in [0.29, 0.717) is 6.10 Å². The van der Waals surface area contributed by atoms with Gasteiger partial charge in [0.25, 0.3) is 0 Å². The Morgan fingerprint density at radius 3 is 3.10 bits per heavy atom. The quantitative estimate of drug-likeness (QED) is 0.576. The van der Waals surface area contributed by atoms with Gasteiger partial charge in [-0.25, -0.2) is 0 Å². The smallest absolute Gasteiger partial charge is 0.0674 e. The Balaban J connectivity index is 2.18. The molecule has 60 valence electrons. The van der Waals surface area contributed by atoms with Crippen LogP contribution in [0.15, 0.2) is 0 Å². The highest BCUT2D eigenvalue weighted by atomic mass is 16.5. The maximum Gasteiger partial charge on any atom is 0.0674 e. The van der Waals surface area contributed by atoms with E-state index in [1.54, 1.807) is 0 Å². The molecular formula is C7H16N2O. The van der Waals surface area contributed by atoms with Gasteiger partial charge in [-0.15, -0.1) is 0 Å². The van der Waals surface area contributed by atoms with Crippen molar-refractivity contribution in [2.45, 2.75) is 13.0 Å². The number of ether oxygens (including phenoxy) is 1. The third kappa shape index (κ3) is 2.25. The van der Waals surface area contributed by atoms with Crippen LogP contribution in [-0.4, -0.2) is 43.8 Å². The van der Waals surface area contributed by atoms with Gasteiger partial charge in [-0.1, -0.05) is 0 Å². The number of morpholine rings is 1. The van der Waals surface area contributed by atoms with E-state index in [1.807, 2.05) is 0 Å². The zero-order valence-electron chi connectivity index (χ0n) is 6.55. The summed E-state index contributed by atoms with van der Waals surface area (Å²) in [4.78, 5) is 2.34. The van der Waals surface area contributed by atoms with E-state index in [0.717, 1.165) is 32.8 Å². The maximum absolute atomic E-state index is 5.42. The van der Waals surface area contributed by atoms with Gasteiger partial charge in [0.2, 0.25) is 0 Å². The maximum atomic E-state index is 5.42. The average Bonchev–Trinajstić information content (AvgIpc) is 1.88. The number of hydrogen-bond acceptors (Lipinski definition) is 3. The molecule has 1 aliphatic rings. The van der Waals surface area contributed by atoms with E-state index in [4.69, 9.17) is 10.5 Å². The first-order valence-electron chi connectivity index (χ1n) is 3.87. The van der Waals surface area contributed by atoms with Crippen LogP contribution in [0.1, 0.15) is 6.92 Å². The molecule has 0 unspecified atom stereocenters. The second-order valence-electron chi connectivity index (χ2n) is 2.77. The lowest BCUT2D eigenvalue weighted by molar-refractivity contribution is -0.0170. The molecule has 0 aromatic carbocycles. The van der Waals surface area contributed by atoms with E-state index in [2.05, 4.69) is 11.8 Å². The minimum Gasteiger partial charge on any atom is -0.376 e. The second-order valence-corrected chi connectivity index (χ2v) is 2.77. The molecule has 0 aliphatic carbocycles. The van der Waals surface area contributed by atoms with Gasteiger partial charge in [0.15, 0.2) is 0 Å². The highest BCUT2D eigenvalue weighted by Crippen LogP contribution is 2.02. The van der Waals surface area contributed by atoms with Gasteiger partial charge in [-0.3, -0.25) is 4.90 Å². The van der Waals surface area contributed by atoms with Gasteiger partial charge in [-0.05, 0) is 6.92 Å². The number of hydrogen-bond donors (Lipinski definition) is 1. The van der Waals surface area contributed by atoms with Gasteiger partial charge in [0, 0.05) is 26.2 Å². The van der Waals surface area contributed by atoms with Crippen molar-refractivity contribution >= 4 is 0 Å². The highest BCUT2D eigenvalue weighted by Gasteiger charge is 2.14. The molecule has 10 heavy (non-hydrogen) atoms. The lowest BCUT2D eigenvalue weighted by atomic mass is 10.3. The Morgan fingerprint density at radius 2 is 2.50 bits per heavy atom. The van der Waals surface area contributed by atoms with Crippen LogP contribution < -0.4 is 5.73 Å². The molecule has 1 atom stereocenters. The summed E-state index contributed by atoms with van der Waals surface area (Å²) in [6, 6.07) is 0. The third-order valence-electron chi connectivity index (χ3n) is 1.77. The summed E-state index contributed by atoms with van der Waals surface area (Å²) >= 11 is 0. The Labute approximate surface area is 62.1 Å². The Kier molecular flexibility index (Phi) is 3.12. The molecule has 0 saturated carbocycles. The Hall–Kier alpha value is -0.120. The van der Waals surface area contributed by atoms with Gasteiger partial charge >= 0.3 is 0 Å². The van der Waals surface area contributed by atoms with Crippen molar-refractivity contribution in [2.24, 2.45) is 5.73 Å². The number of nitrogens with two attached hydrogens (primary N) is 1. The molecule has 0 radical (unpaired) electrons. The lowest BCUT2D eigenvalue weighted by Gasteiger charge is -2.30. The normalized spacial score (nSPS) is 28.8. The Morgan fingerprint density at radius 1 is 1.70 bits per heavy atom. The SMILES string of the molecule is C[C@H]1CN(CCN)CCO1. The topological polar surface area (TPSA) is 38.5 Å². The summed E-state index contributed by atoms with van der Waals surface area (Å²) in [6.07, 6.45) is 0.389. The molecule has 1 aliphatic heterocycles. The lowest BCUT2D eigenvalue weighted by Crippen LogP contribution is -2.43. The van der Waals surface area contributed by atoms with E-state index in [1.165, 1.54) is 0 Å². The summed E-state index contributed by atoms with van der Waals surface area (Å²) in [6.45, 7) is 6.81. The molecule has 1 fully saturated rings. The summed E-state index contributed by atoms with van der Waals surface area (Å²) in [5.74, 6) is 0. The summed E-state index contributed by atoms with van der Waals surface area (Å²) in [7, 11) is 0. The Bertz CT molecular complexity index is 95.6. The average molecular weight is 144 g/mol. The fourth-order valence-electron chi connectivity index (χ4n) is 1.28. The van der Waals surface area contributed by atoms with Gasteiger partial charge in [0.1, 0.15) is 0 Å². The predicted molar refractivity (Wildman–Crippen MR) is 40.9 cm³/mol. The first kappa shape index (κ1) is 7.98. The number of nitrogens with zero attached hydrogens (tertiary/aromatic N) is 1. The molecule has 1 heterocycles. The van der Waals surface area contributed by atoms with Crippen LogP contribution in [-0.2, 0) is 4.74 Å². The van der Waals surface area contributed by atoms with Crippen LogP contribution in [0.2, 0.25) is 0 Å². The first-order valence-corrected chi connectivity index (χ1v) is 3.87. The van der Waals surface area contributed by atoms with Crippen LogP contribution in [0.25, 0.3) is 0 Å². The molecule has 1 rings (SSSR count). The van der Waals surface area contributed by atoms with E-state index in [9.17, 15) is 0 Å². The molecule has 0 aromatic heterocycles.